The van der Waals surface area contributed by atoms with Gasteiger partial charge in [0.05, 0.1) is 24.1 Å². The summed E-state index contributed by atoms with van der Waals surface area (Å²) in [5.74, 6) is 0.767. The number of hydrogen-bond acceptors (Lipinski definition) is 3. The number of fused-ring (bicyclic) bond motifs is 4. The molecule has 0 fully saturated rings. The van der Waals surface area contributed by atoms with Gasteiger partial charge in [-0.1, -0.05) is 190 Å². The highest BCUT2D eigenvalue weighted by atomic mass is 15.2. The van der Waals surface area contributed by atoms with Crippen molar-refractivity contribution < 1.29 is 0 Å². The van der Waals surface area contributed by atoms with E-state index in [9.17, 15) is 5.26 Å². The average Bonchev–Trinajstić information content (AvgIpc) is 3.64. The van der Waals surface area contributed by atoms with Crippen LogP contribution in [0.25, 0.3) is 16.7 Å². The zero-order valence-corrected chi connectivity index (χ0v) is 35.0. The Morgan fingerprint density at radius 1 is 0.672 bits per heavy atom. The SMILES string of the molecule is CC1C=CC2=C(C1)N(C1=C(c3ccc(-c4ccc5c(c4)C(c4ccccc4)(C4C=CC=CC4)[C@@]4(C)C=CC=CC4N5c4ccccc4)cc3)C=CCC1C#N)C1C=CC=CC21. The second-order valence-corrected chi connectivity index (χ2v) is 18.0. The van der Waals surface area contributed by atoms with Crippen molar-refractivity contribution in [3.8, 4) is 17.2 Å². The summed E-state index contributed by atoms with van der Waals surface area (Å²) in [7, 11) is 0. The molecule has 61 heavy (non-hydrogen) atoms. The largest absolute Gasteiger partial charge is 0.339 e. The minimum atomic E-state index is -0.382. The quantitative estimate of drug-likeness (QED) is 0.195. The molecule has 0 amide bonds. The van der Waals surface area contributed by atoms with E-state index in [1.165, 1.54) is 44.9 Å². The van der Waals surface area contributed by atoms with Crippen LogP contribution in [0.15, 0.2) is 217 Å². The predicted molar refractivity (Wildman–Crippen MR) is 251 cm³/mol. The van der Waals surface area contributed by atoms with Crippen LogP contribution in [0.3, 0.4) is 0 Å². The van der Waals surface area contributed by atoms with Crippen molar-refractivity contribution in [3.63, 3.8) is 0 Å². The third kappa shape index (κ3) is 5.69. The Labute approximate surface area is 361 Å². The van der Waals surface area contributed by atoms with Gasteiger partial charge in [0.25, 0.3) is 0 Å². The number of para-hydroxylation sites is 1. The molecule has 2 aliphatic heterocycles. The van der Waals surface area contributed by atoms with Gasteiger partial charge in [0.2, 0.25) is 0 Å². The molecule has 3 nitrogen and oxygen atoms in total. The first-order valence-electron chi connectivity index (χ1n) is 22.2. The van der Waals surface area contributed by atoms with E-state index >= 15 is 0 Å². The molecular weight excluding hydrogens is 739 g/mol. The van der Waals surface area contributed by atoms with Crippen LogP contribution in [0.1, 0.15) is 49.8 Å². The number of nitrogens with zero attached hydrogens (tertiary/aromatic N) is 3. The Kier molecular flexibility index (Phi) is 9.08. The molecule has 0 aromatic heterocycles. The number of rotatable bonds is 6. The van der Waals surface area contributed by atoms with Crippen LogP contribution in [0.4, 0.5) is 11.4 Å². The molecule has 7 unspecified atom stereocenters. The third-order valence-electron chi connectivity index (χ3n) is 14.8. The molecule has 0 bridgehead atoms. The molecule has 0 radical (unpaired) electrons. The first-order valence-corrected chi connectivity index (χ1v) is 22.2. The van der Waals surface area contributed by atoms with Crippen LogP contribution in [0.5, 0.6) is 0 Å². The van der Waals surface area contributed by atoms with Crippen LogP contribution in [0.2, 0.25) is 0 Å². The molecule has 11 rings (SSSR count). The summed E-state index contributed by atoms with van der Waals surface area (Å²) in [5, 5.41) is 10.7. The Morgan fingerprint density at radius 3 is 2.20 bits per heavy atom. The molecule has 5 aliphatic carbocycles. The lowest BCUT2D eigenvalue weighted by molar-refractivity contribution is 0.152. The molecule has 7 aliphatic rings. The van der Waals surface area contributed by atoms with Gasteiger partial charge >= 0.3 is 0 Å². The molecule has 0 saturated carbocycles. The summed E-state index contributed by atoms with van der Waals surface area (Å²) in [4.78, 5) is 5.15. The average molecular weight is 790 g/mol. The summed E-state index contributed by atoms with van der Waals surface area (Å²) >= 11 is 0. The van der Waals surface area contributed by atoms with Gasteiger partial charge in [-0.25, -0.2) is 0 Å². The maximum absolute atomic E-state index is 10.7. The summed E-state index contributed by atoms with van der Waals surface area (Å²) in [5.41, 5.74) is 13.1. The lowest BCUT2D eigenvalue weighted by Gasteiger charge is -2.62. The van der Waals surface area contributed by atoms with Gasteiger partial charge in [-0.05, 0) is 88.8 Å². The molecule has 4 aromatic carbocycles. The van der Waals surface area contributed by atoms with Gasteiger partial charge < -0.3 is 9.80 Å². The molecule has 298 valence electrons. The fourth-order valence-corrected chi connectivity index (χ4v) is 12.1. The maximum atomic E-state index is 10.7. The maximum Gasteiger partial charge on any atom is 0.0905 e. The van der Waals surface area contributed by atoms with Gasteiger partial charge in [0, 0.05) is 45.1 Å². The van der Waals surface area contributed by atoms with Gasteiger partial charge in [0.1, 0.15) is 0 Å². The van der Waals surface area contributed by atoms with E-state index in [4.69, 9.17) is 0 Å². The van der Waals surface area contributed by atoms with Crippen LogP contribution >= 0.6 is 0 Å². The summed E-state index contributed by atoms with van der Waals surface area (Å²) in [6.45, 7) is 4.80. The van der Waals surface area contributed by atoms with Gasteiger partial charge in [0.15, 0.2) is 0 Å². The van der Waals surface area contributed by atoms with Crippen molar-refractivity contribution in [1.82, 2.24) is 4.90 Å². The number of nitriles is 1. The molecular formula is C58H51N3. The van der Waals surface area contributed by atoms with Gasteiger partial charge in [-0.2, -0.15) is 5.26 Å². The highest BCUT2D eigenvalue weighted by molar-refractivity contribution is 5.83. The molecule has 2 heterocycles. The summed E-state index contributed by atoms with van der Waals surface area (Å²) in [6.07, 6.45) is 39.7. The third-order valence-corrected chi connectivity index (χ3v) is 14.8. The van der Waals surface area contributed by atoms with Crippen molar-refractivity contribution in [1.29, 1.82) is 5.26 Å². The van der Waals surface area contributed by atoms with E-state index in [-0.39, 0.29) is 34.7 Å². The normalized spacial score (nSPS) is 30.3. The second kappa shape index (κ2) is 14.8. The highest BCUT2D eigenvalue weighted by Crippen LogP contribution is 2.65. The van der Waals surface area contributed by atoms with Crippen molar-refractivity contribution >= 4 is 16.9 Å². The Bertz CT molecular complexity index is 2750. The number of anilines is 2. The fraction of sp³-hybridized carbons (Fsp3) is 0.224. The fourth-order valence-electron chi connectivity index (χ4n) is 12.1. The molecule has 0 saturated heterocycles. The Morgan fingerprint density at radius 2 is 1.41 bits per heavy atom. The summed E-state index contributed by atoms with van der Waals surface area (Å²) < 4.78 is 0. The topological polar surface area (TPSA) is 30.3 Å². The number of benzene rings is 4. The first-order chi connectivity index (χ1) is 30.0. The van der Waals surface area contributed by atoms with Gasteiger partial charge in [-0.3, -0.25) is 0 Å². The second-order valence-electron chi connectivity index (χ2n) is 18.0. The van der Waals surface area contributed by atoms with Crippen molar-refractivity contribution in [2.45, 2.75) is 50.6 Å². The van der Waals surface area contributed by atoms with Crippen LogP contribution < -0.4 is 4.90 Å². The molecule has 0 spiro atoms. The molecule has 3 heteroatoms. The molecule has 4 aromatic rings. The molecule has 8 atom stereocenters. The van der Waals surface area contributed by atoms with Crippen molar-refractivity contribution in [2.75, 3.05) is 4.90 Å². The van der Waals surface area contributed by atoms with E-state index in [0.717, 1.165) is 36.1 Å². The van der Waals surface area contributed by atoms with Crippen LogP contribution in [0, 0.1) is 40.4 Å². The zero-order valence-electron chi connectivity index (χ0n) is 35.0. The Balaban J connectivity index is 1.08. The lowest BCUT2D eigenvalue weighted by Crippen LogP contribution is -2.62. The van der Waals surface area contributed by atoms with Crippen LogP contribution in [-0.2, 0) is 5.41 Å². The Hall–Kier alpha value is -6.63. The van der Waals surface area contributed by atoms with Crippen LogP contribution in [-0.4, -0.2) is 17.0 Å². The minimum absolute atomic E-state index is 0.0889. The van der Waals surface area contributed by atoms with E-state index in [1.54, 1.807) is 0 Å². The van der Waals surface area contributed by atoms with Crippen molar-refractivity contribution in [3.05, 3.63) is 234 Å². The van der Waals surface area contributed by atoms with Gasteiger partial charge in [-0.15, -0.1) is 0 Å². The van der Waals surface area contributed by atoms with E-state index < -0.39 is 0 Å². The number of allylic oxidation sites excluding steroid dienone is 15. The van der Waals surface area contributed by atoms with Crippen molar-refractivity contribution in [2.24, 2.45) is 29.1 Å². The highest BCUT2D eigenvalue weighted by Gasteiger charge is 2.61. The first kappa shape index (κ1) is 37.4. The van der Waals surface area contributed by atoms with E-state index in [2.05, 4.69) is 230 Å². The lowest BCUT2D eigenvalue weighted by atomic mass is 9.46. The molecule has 0 N–H and O–H groups in total. The van der Waals surface area contributed by atoms with E-state index in [1.807, 2.05) is 0 Å². The standard InChI is InChI=1S/C58H51N3/c1-40-28-34-50-49-24-12-13-26-52(49)61(54(50)37-40)56-44(39-59)17-16-25-48(56)42-31-29-41(30-32-42)43-33-35-53-51(38-43)58(45-18-6-3-7-19-45,46-20-8-4-9-21-46)57(2)36-15-14-27-55(57)60(53)47-22-10-5-11-23-47/h3-16,18-20,22-36,38,40,44,46,49,52,55H,17,21,37H2,1-2H3/t40?,44?,46?,49?,52?,55?,57-,58?/m0/s1. The zero-order chi connectivity index (χ0) is 41.1. The monoisotopic (exact) mass is 789 g/mol. The smallest absolute Gasteiger partial charge is 0.0905 e. The van der Waals surface area contributed by atoms with E-state index in [0.29, 0.717) is 11.8 Å². The minimum Gasteiger partial charge on any atom is -0.339 e. The number of hydrogen-bond donors (Lipinski definition) is 0. The predicted octanol–water partition coefficient (Wildman–Crippen LogP) is 13.5. The summed E-state index contributed by atoms with van der Waals surface area (Å²) in [6, 6.07) is 41.7.